The Morgan fingerprint density at radius 3 is 2.52 bits per heavy atom. The van der Waals surface area contributed by atoms with Crippen molar-refractivity contribution in [2.75, 3.05) is 29.5 Å². The van der Waals surface area contributed by atoms with E-state index in [-0.39, 0.29) is 24.3 Å². The van der Waals surface area contributed by atoms with Crippen LogP contribution in [0.5, 0.6) is 0 Å². The first-order valence-corrected chi connectivity index (χ1v) is 16.1. The van der Waals surface area contributed by atoms with E-state index in [0.29, 0.717) is 55.1 Å². The van der Waals surface area contributed by atoms with Crippen LogP contribution in [-0.2, 0) is 21.7 Å². The van der Waals surface area contributed by atoms with Gasteiger partial charge in [-0.25, -0.2) is 0 Å². The predicted molar refractivity (Wildman–Crippen MR) is 180 cm³/mol. The van der Waals surface area contributed by atoms with Crippen LogP contribution < -0.4 is 9.80 Å². The summed E-state index contributed by atoms with van der Waals surface area (Å²) in [4.78, 5) is 29.6. The van der Waals surface area contributed by atoms with Gasteiger partial charge in [0.2, 0.25) is 5.91 Å². The van der Waals surface area contributed by atoms with E-state index in [9.17, 15) is 19.8 Å². The fourth-order valence-corrected chi connectivity index (χ4v) is 6.09. The fraction of sp³-hybridized carbons (Fsp3) is 0.405. The van der Waals surface area contributed by atoms with E-state index in [2.05, 4.69) is 43.2 Å². The maximum atomic E-state index is 14.0. The molecule has 9 nitrogen and oxygen atoms in total. The van der Waals surface area contributed by atoms with E-state index in [1.807, 2.05) is 67.7 Å². The first-order valence-electron chi connectivity index (χ1n) is 16.1. The van der Waals surface area contributed by atoms with Crippen molar-refractivity contribution in [2.45, 2.75) is 71.4 Å². The normalized spacial score (nSPS) is 19.4. The SMILES string of the molecule is CC(C)=CCC/C(C)=C/CN1C(=O)[C@@](O)([C@@H](C)/C=C/CCn2cc(C(CO)c3ccccc3)nn2)c2cc(N3CCC3=O)ccc21. The van der Waals surface area contributed by atoms with Crippen LogP contribution >= 0.6 is 0 Å². The number of rotatable bonds is 14. The lowest BCUT2D eigenvalue weighted by Gasteiger charge is -2.32. The molecule has 2 N–H and O–H groups in total. The largest absolute Gasteiger partial charge is 0.395 e. The average Bonchev–Trinajstić information content (AvgIpc) is 3.59. The summed E-state index contributed by atoms with van der Waals surface area (Å²) in [5, 5.41) is 30.7. The Labute approximate surface area is 271 Å². The monoisotopic (exact) mass is 623 g/mol. The number of aryl methyl sites for hydroxylation is 1. The average molecular weight is 624 g/mol. The van der Waals surface area contributed by atoms with Crippen LogP contribution in [0.4, 0.5) is 11.4 Å². The smallest absolute Gasteiger partial charge is 0.264 e. The number of carbonyl (C=O) groups is 2. The lowest BCUT2D eigenvalue weighted by atomic mass is 9.82. The maximum absolute atomic E-state index is 14.0. The molecule has 2 amide bonds. The highest BCUT2D eigenvalue weighted by atomic mass is 16.3. The summed E-state index contributed by atoms with van der Waals surface area (Å²) in [5.74, 6) is -1.10. The van der Waals surface area contributed by atoms with Crippen molar-refractivity contribution in [3.05, 3.63) is 107 Å². The zero-order valence-electron chi connectivity index (χ0n) is 27.3. The van der Waals surface area contributed by atoms with Crippen molar-refractivity contribution in [2.24, 2.45) is 5.92 Å². The number of anilines is 2. The number of carbonyl (C=O) groups excluding carboxylic acids is 2. The van der Waals surface area contributed by atoms with Gasteiger partial charge >= 0.3 is 0 Å². The number of nitrogens with zero attached hydrogens (tertiary/aromatic N) is 5. The summed E-state index contributed by atoms with van der Waals surface area (Å²) in [6.07, 6.45) is 12.9. The van der Waals surface area contributed by atoms with Crippen molar-refractivity contribution in [3.8, 4) is 0 Å². The summed E-state index contributed by atoms with van der Waals surface area (Å²) in [6, 6.07) is 15.3. The first kappa shape index (κ1) is 33.0. The highest BCUT2D eigenvalue weighted by Gasteiger charge is 2.52. The molecule has 3 aromatic rings. The van der Waals surface area contributed by atoms with E-state index >= 15 is 0 Å². The predicted octanol–water partition coefficient (Wildman–Crippen LogP) is 5.65. The summed E-state index contributed by atoms with van der Waals surface area (Å²) < 4.78 is 1.74. The first-order chi connectivity index (χ1) is 22.1. The number of allylic oxidation sites excluding steroid dienone is 4. The molecule has 9 heteroatoms. The topological polar surface area (TPSA) is 112 Å². The van der Waals surface area contributed by atoms with Gasteiger partial charge in [0.1, 0.15) is 0 Å². The van der Waals surface area contributed by atoms with Gasteiger partial charge in [0.15, 0.2) is 5.60 Å². The summed E-state index contributed by atoms with van der Waals surface area (Å²) in [6.45, 7) is 9.57. The van der Waals surface area contributed by atoms with Gasteiger partial charge in [-0.3, -0.25) is 14.3 Å². The molecule has 2 aromatic carbocycles. The molecule has 46 heavy (non-hydrogen) atoms. The zero-order chi connectivity index (χ0) is 32.8. The number of β-lactam (4-membered cyclic amide) rings is 1. The highest BCUT2D eigenvalue weighted by molar-refractivity contribution is 6.08. The highest BCUT2D eigenvalue weighted by Crippen LogP contribution is 2.47. The Morgan fingerprint density at radius 1 is 1.07 bits per heavy atom. The van der Waals surface area contributed by atoms with Gasteiger partial charge in [-0.2, -0.15) is 0 Å². The molecule has 0 bridgehead atoms. The minimum Gasteiger partial charge on any atom is -0.395 e. The molecule has 1 aromatic heterocycles. The van der Waals surface area contributed by atoms with Crippen LogP contribution in [-0.4, -0.2) is 56.7 Å². The molecule has 0 saturated carbocycles. The van der Waals surface area contributed by atoms with E-state index in [1.54, 1.807) is 20.5 Å². The van der Waals surface area contributed by atoms with Crippen LogP contribution in [0.2, 0.25) is 0 Å². The molecule has 0 radical (unpaired) electrons. The Balaban J connectivity index is 1.31. The van der Waals surface area contributed by atoms with Crippen LogP contribution in [0, 0.1) is 5.92 Å². The van der Waals surface area contributed by atoms with Gasteiger partial charge < -0.3 is 20.0 Å². The number of amides is 2. The van der Waals surface area contributed by atoms with Crippen molar-refractivity contribution in [3.63, 3.8) is 0 Å². The quantitative estimate of drug-likeness (QED) is 0.177. The molecule has 2 aliphatic heterocycles. The number of hydrogen-bond acceptors (Lipinski definition) is 6. The van der Waals surface area contributed by atoms with E-state index in [0.717, 1.165) is 18.4 Å². The molecule has 1 fully saturated rings. The van der Waals surface area contributed by atoms with Gasteiger partial charge in [0, 0.05) is 49.4 Å². The molecular weight excluding hydrogens is 578 g/mol. The molecular formula is C37H45N5O4. The Bertz CT molecular complexity index is 1640. The lowest BCUT2D eigenvalue weighted by molar-refractivity contribution is -0.139. The van der Waals surface area contributed by atoms with Crippen LogP contribution in [0.15, 0.2) is 90.2 Å². The third-order valence-corrected chi connectivity index (χ3v) is 9.03. The number of hydrogen-bond donors (Lipinski definition) is 2. The number of benzene rings is 2. The number of aliphatic hydroxyl groups is 2. The van der Waals surface area contributed by atoms with Crippen LogP contribution in [0.1, 0.15) is 76.1 Å². The van der Waals surface area contributed by atoms with Crippen LogP contribution in [0.25, 0.3) is 0 Å². The third kappa shape index (κ3) is 6.90. The third-order valence-electron chi connectivity index (χ3n) is 9.03. The van der Waals surface area contributed by atoms with Gasteiger partial charge in [-0.1, -0.05) is 77.9 Å². The summed E-state index contributed by atoms with van der Waals surface area (Å²) in [7, 11) is 0. The van der Waals surface area contributed by atoms with Crippen LogP contribution in [0.3, 0.4) is 0 Å². The van der Waals surface area contributed by atoms with E-state index in [4.69, 9.17) is 0 Å². The van der Waals surface area contributed by atoms with Crippen molar-refractivity contribution >= 4 is 23.2 Å². The molecule has 3 atom stereocenters. The van der Waals surface area contributed by atoms with Gasteiger partial charge in [0.05, 0.1) is 23.9 Å². The molecule has 242 valence electrons. The minimum absolute atomic E-state index is 0.0397. The van der Waals surface area contributed by atoms with Gasteiger partial charge in [-0.05, 0) is 63.8 Å². The molecule has 2 aliphatic rings. The maximum Gasteiger partial charge on any atom is 0.264 e. The van der Waals surface area contributed by atoms with Gasteiger partial charge in [-0.15, -0.1) is 5.10 Å². The second kappa shape index (κ2) is 14.4. The van der Waals surface area contributed by atoms with Crippen molar-refractivity contribution < 1.29 is 19.8 Å². The lowest BCUT2D eigenvalue weighted by Crippen LogP contribution is -2.45. The zero-order valence-corrected chi connectivity index (χ0v) is 27.3. The van der Waals surface area contributed by atoms with E-state index < -0.39 is 11.5 Å². The number of fused-ring (bicyclic) bond motifs is 1. The minimum atomic E-state index is -1.77. The molecule has 1 saturated heterocycles. The van der Waals surface area contributed by atoms with Crippen molar-refractivity contribution in [1.29, 1.82) is 0 Å². The fourth-order valence-electron chi connectivity index (χ4n) is 6.09. The second-order valence-electron chi connectivity index (χ2n) is 12.6. The van der Waals surface area contributed by atoms with E-state index in [1.165, 1.54) is 11.1 Å². The standard InChI is InChI=1S/C37H45N5O4/c1-26(2)11-10-12-27(3)18-21-42-34-17-16-30(41-22-19-35(41)44)23-32(34)37(46,36(42)45)28(4)13-8-9-20-40-24-33(38-39-40)31(25-43)29-14-6-5-7-15-29/h5-8,11,13-18,23-24,28,31,43,46H,9-10,12,19-22,25H2,1-4H3/b13-8+,27-18+/t28-,31?,37+/m0/s1. The second-order valence-corrected chi connectivity index (χ2v) is 12.6. The molecule has 5 rings (SSSR count). The van der Waals surface area contributed by atoms with Crippen molar-refractivity contribution in [1.82, 2.24) is 15.0 Å². The molecule has 1 unspecified atom stereocenters. The summed E-state index contributed by atoms with van der Waals surface area (Å²) >= 11 is 0. The molecule has 0 spiro atoms. The number of aromatic nitrogens is 3. The Hall–Kier alpha value is -4.34. The molecule has 3 heterocycles. The van der Waals surface area contributed by atoms with Gasteiger partial charge in [0.25, 0.3) is 5.91 Å². The Kier molecular flexibility index (Phi) is 10.3. The Morgan fingerprint density at radius 2 is 1.85 bits per heavy atom. The number of aliphatic hydroxyl groups excluding tert-OH is 1. The summed E-state index contributed by atoms with van der Waals surface area (Å²) in [5.41, 5.74) is 4.27. The molecule has 0 aliphatic carbocycles.